The summed E-state index contributed by atoms with van der Waals surface area (Å²) in [4.78, 5) is 50.5. The zero-order chi connectivity index (χ0) is 22.4. The molecule has 1 aromatic carbocycles. The average molecular weight is 429 g/mol. The van der Waals surface area contributed by atoms with Crippen molar-refractivity contribution in [1.82, 2.24) is 15.5 Å². The Bertz CT molecular complexity index is 882. The van der Waals surface area contributed by atoms with Gasteiger partial charge in [-0.1, -0.05) is 30.3 Å². The van der Waals surface area contributed by atoms with Crippen molar-refractivity contribution in [2.45, 2.75) is 32.7 Å². The van der Waals surface area contributed by atoms with Gasteiger partial charge >= 0.3 is 18.0 Å². The fourth-order valence-electron chi connectivity index (χ4n) is 3.71. The Morgan fingerprint density at radius 2 is 1.90 bits per heavy atom. The van der Waals surface area contributed by atoms with Crippen molar-refractivity contribution < 1.29 is 28.7 Å². The molecule has 2 aliphatic heterocycles. The Morgan fingerprint density at radius 1 is 1.16 bits per heavy atom. The van der Waals surface area contributed by atoms with Gasteiger partial charge in [-0.15, -0.1) is 0 Å². The van der Waals surface area contributed by atoms with Crippen LogP contribution in [0.4, 0.5) is 4.79 Å². The molecule has 31 heavy (non-hydrogen) atoms. The van der Waals surface area contributed by atoms with Crippen LogP contribution >= 0.6 is 0 Å². The van der Waals surface area contributed by atoms with Gasteiger partial charge in [-0.3, -0.25) is 9.59 Å². The lowest BCUT2D eigenvalue weighted by molar-refractivity contribution is -0.148. The lowest BCUT2D eigenvalue weighted by Crippen LogP contribution is -2.50. The van der Waals surface area contributed by atoms with Gasteiger partial charge in [0, 0.05) is 19.5 Å². The summed E-state index contributed by atoms with van der Waals surface area (Å²) >= 11 is 0. The van der Waals surface area contributed by atoms with Crippen LogP contribution in [-0.4, -0.2) is 61.1 Å². The first kappa shape index (κ1) is 22.3. The van der Waals surface area contributed by atoms with E-state index < -0.39 is 29.9 Å². The van der Waals surface area contributed by atoms with E-state index >= 15 is 0 Å². The van der Waals surface area contributed by atoms with Gasteiger partial charge in [-0.05, 0) is 25.8 Å². The molecule has 166 valence electrons. The maximum Gasteiger partial charge on any atom is 0.338 e. The van der Waals surface area contributed by atoms with E-state index in [9.17, 15) is 19.2 Å². The minimum absolute atomic E-state index is 0.0850. The number of rotatable bonds is 8. The fraction of sp³-hybridized carbons (Fsp3) is 0.455. The summed E-state index contributed by atoms with van der Waals surface area (Å²) in [5, 5.41) is 5.09. The molecule has 0 radical (unpaired) electrons. The van der Waals surface area contributed by atoms with Crippen LogP contribution in [0.3, 0.4) is 0 Å². The van der Waals surface area contributed by atoms with Crippen molar-refractivity contribution in [1.29, 1.82) is 0 Å². The number of nitrogens with one attached hydrogen (secondary N) is 2. The van der Waals surface area contributed by atoms with Crippen LogP contribution in [0.1, 0.15) is 25.8 Å². The highest BCUT2D eigenvalue weighted by Crippen LogP contribution is 2.21. The number of amides is 3. The highest BCUT2D eigenvalue weighted by molar-refractivity contribution is 5.95. The molecule has 3 amide bonds. The van der Waals surface area contributed by atoms with E-state index in [1.807, 2.05) is 30.3 Å². The van der Waals surface area contributed by atoms with Crippen molar-refractivity contribution in [3.8, 4) is 0 Å². The van der Waals surface area contributed by atoms with Crippen molar-refractivity contribution in [2.24, 2.45) is 5.92 Å². The van der Waals surface area contributed by atoms with Gasteiger partial charge in [-0.25, -0.2) is 9.59 Å². The summed E-state index contributed by atoms with van der Waals surface area (Å²) in [5.41, 5.74) is 1.52. The second kappa shape index (κ2) is 10.1. The molecule has 1 aromatic rings. The van der Waals surface area contributed by atoms with Gasteiger partial charge in [0.15, 0.2) is 0 Å². The van der Waals surface area contributed by atoms with Gasteiger partial charge in [-0.2, -0.15) is 0 Å². The SMILES string of the molecule is CCOC(=O)C1=C(COC(=O)C2CC(=O)N(CCc3ccccc3)C2)NC(=O)NC1C. The van der Waals surface area contributed by atoms with Crippen LogP contribution in [0.5, 0.6) is 0 Å². The molecule has 2 atom stereocenters. The molecule has 9 nitrogen and oxygen atoms in total. The van der Waals surface area contributed by atoms with E-state index in [1.54, 1.807) is 18.7 Å². The second-order valence-electron chi connectivity index (χ2n) is 7.52. The molecule has 3 rings (SSSR count). The fourth-order valence-corrected chi connectivity index (χ4v) is 3.71. The Balaban J connectivity index is 1.58. The molecular formula is C22H27N3O6. The van der Waals surface area contributed by atoms with Crippen LogP contribution in [-0.2, 0) is 30.3 Å². The number of benzene rings is 1. The van der Waals surface area contributed by atoms with Gasteiger partial charge in [0.05, 0.1) is 29.8 Å². The van der Waals surface area contributed by atoms with Gasteiger partial charge in [0.25, 0.3) is 0 Å². The predicted molar refractivity (Wildman–Crippen MR) is 111 cm³/mol. The quantitative estimate of drug-likeness (QED) is 0.599. The molecular weight excluding hydrogens is 402 g/mol. The molecule has 0 aliphatic carbocycles. The maximum absolute atomic E-state index is 12.6. The largest absolute Gasteiger partial charge is 0.463 e. The van der Waals surface area contributed by atoms with Crippen molar-refractivity contribution in [2.75, 3.05) is 26.3 Å². The third-order valence-electron chi connectivity index (χ3n) is 5.29. The van der Waals surface area contributed by atoms with Crippen molar-refractivity contribution >= 4 is 23.9 Å². The first-order valence-corrected chi connectivity index (χ1v) is 10.3. The number of carbonyl (C=O) groups is 4. The Hall–Kier alpha value is -3.36. The molecule has 2 N–H and O–H groups in total. The number of hydrogen-bond acceptors (Lipinski definition) is 6. The Kier molecular flexibility index (Phi) is 7.28. The summed E-state index contributed by atoms with van der Waals surface area (Å²) in [6.07, 6.45) is 0.794. The van der Waals surface area contributed by atoms with Crippen molar-refractivity contribution in [3.05, 3.63) is 47.2 Å². The van der Waals surface area contributed by atoms with Crippen molar-refractivity contribution in [3.63, 3.8) is 0 Å². The van der Waals surface area contributed by atoms with E-state index in [4.69, 9.17) is 9.47 Å². The topological polar surface area (TPSA) is 114 Å². The summed E-state index contributed by atoms with van der Waals surface area (Å²) in [5.74, 6) is -1.79. The Morgan fingerprint density at radius 3 is 2.61 bits per heavy atom. The van der Waals surface area contributed by atoms with E-state index in [0.717, 1.165) is 5.56 Å². The number of carbonyl (C=O) groups excluding carboxylic acids is 4. The normalized spacial score (nSPS) is 20.9. The average Bonchev–Trinajstić information content (AvgIpc) is 3.11. The number of hydrogen-bond donors (Lipinski definition) is 2. The van der Waals surface area contributed by atoms with Crippen LogP contribution in [0.25, 0.3) is 0 Å². The van der Waals surface area contributed by atoms with E-state index in [-0.39, 0.29) is 36.8 Å². The molecule has 0 saturated carbocycles. The van der Waals surface area contributed by atoms with Crippen LogP contribution in [0, 0.1) is 5.92 Å². The molecule has 0 spiro atoms. The minimum Gasteiger partial charge on any atom is -0.463 e. The Labute approximate surface area is 180 Å². The van der Waals surface area contributed by atoms with Crippen LogP contribution in [0.15, 0.2) is 41.6 Å². The third kappa shape index (κ3) is 5.62. The molecule has 0 aromatic heterocycles. The number of urea groups is 1. The van der Waals surface area contributed by atoms with E-state index in [0.29, 0.717) is 19.5 Å². The molecule has 0 bridgehead atoms. The molecule has 1 fully saturated rings. The minimum atomic E-state index is -0.586. The summed E-state index contributed by atoms with van der Waals surface area (Å²) in [6.45, 7) is 4.05. The molecule has 2 unspecified atom stereocenters. The number of nitrogens with zero attached hydrogens (tertiary/aromatic N) is 1. The third-order valence-corrected chi connectivity index (χ3v) is 5.29. The monoisotopic (exact) mass is 429 g/mol. The summed E-state index contributed by atoms with van der Waals surface area (Å²) in [7, 11) is 0. The lowest BCUT2D eigenvalue weighted by Gasteiger charge is -2.26. The lowest BCUT2D eigenvalue weighted by atomic mass is 10.0. The standard InChI is InChI=1S/C22H27N3O6/c1-3-30-21(28)19-14(2)23-22(29)24-17(19)13-31-20(27)16-11-18(26)25(12-16)10-9-15-7-5-4-6-8-15/h4-8,14,16H,3,9-13H2,1-2H3,(H2,23,24,29). The molecule has 2 heterocycles. The molecule has 9 heteroatoms. The number of ether oxygens (including phenoxy) is 2. The molecule has 1 saturated heterocycles. The number of esters is 2. The summed E-state index contributed by atoms with van der Waals surface area (Å²) in [6, 6.07) is 8.75. The van der Waals surface area contributed by atoms with Gasteiger partial charge < -0.3 is 25.0 Å². The summed E-state index contributed by atoms with van der Waals surface area (Å²) < 4.78 is 10.4. The zero-order valence-corrected chi connectivity index (χ0v) is 17.7. The first-order chi connectivity index (χ1) is 14.9. The number of likely N-dealkylation sites (tertiary alicyclic amines) is 1. The van der Waals surface area contributed by atoms with E-state index in [2.05, 4.69) is 10.6 Å². The predicted octanol–water partition coefficient (Wildman–Crippen LogP) is 1.14. The maximum atomic E-state index is 12.6. The van der Waals surface area contributed by atoms with E-state index in [1.165, 1.54) is 0 Å². The smallest absolute Gasteiger partial charge is 0.338 e. The highest BCUT2D eigenvalue weighted by Gasteiger charge is 2.36. The van der Waals surface area contributed by atoms with Crippen LogP contribution < -0.4 is 10.6 Å². The van der Waals surface area contributed by atoms with Gasteiger partial charge in [0.2, 0.25) is 5.91 Å². The second-order valence-corrected chi connectivity index (χ2v) is 7.52. The first-order valence-electron chi connectivity index (χ1n) is 10.3. The van der Waals surface area contributed by atoms with Crippen LogP contribution in [0.2, 0.25) is 0 Å². The highest BCUT2D eigenvalue weighted by atomic mass is 16.5. The molecule has 2 aliphatic rings. The zero-order valence-electron chi connectivity index (χ0n) is 17.7. The van der Waals surface area contributed by atoms with Gasteiger partial charge in [0.1, 0.15) is 6.61 Å².